The van der Waals surface area contributed by atoms with Gasteiger partial charge in [0, 0.05) is 55.0 Å². The van der Waals surface area contributed by atoms with E-state index in [1.54, 1.807) is 23.4 Å². The number of nitrogens with zero attached hydrogens (tertiary/aromatic N) is 5. The summed E-state index contributed by atoms with van der Waals surface area (Å²) in [5.74, 6) is 0.255. The summed E-state index contributed by atoms with van der Waals surface area (Å²) < 4.78 is 2.06. The molecular formula is C24H24N6O3. The molecule has 5 rings (SSSR count). The summed E-state index contributed by atoms with van der Waals surface area (Å²) in [6, 6.07) is 5.03. The van der Waals surface area contributed by atoms with Crippen LogP contribution >= 0.6 is 0 Å². The molecule has 0 saturated carbocycles. The van der Waals surface area contributed by atoms with Crippen molar-refractivity contribution in [3.05, 3.63) is 53.9 Å². The van der Waals surface area contributed by atoms with E-state index in [0.717, 1.165) is 33.9 Å². The summed E-state index contributed by atoms with van der Waals surface area (Å²) in [6.07, 6.45) is 5.59. The van der Waals surface area contributed by atoms with Crippen LogP contribution in [0.1, 0.15) is 54.4 Å². The zero-order valence-corrected chi connectivity index (χ0v) is 18.7. The summed E-state index contributed by atoms with van der Waals surface area (Å²) in [4.78, 5) is 51.7. The Morgan fingerprint density at radius 3 is 2.55 bits per heavy atom. The lowest BCUT2D eigenvalue weighted by Gasteiger charge is -2.29. The molecule has 0 spiro atoms. The Balaban J connectivity index is 1.54. The number of fused-ring (bicyclic) bond motifs is 1. The number of piperidine rings is 1. The first-order chi connectivity index (χ1) is 15.8. The van der Waals surface area contributed by atoms with E-state index < -0.39 is 11.9 Å². The van der Waals surface area contributed by atoms with Gasteiger partial charge in [0.25, 0.3) is 5.91 Å². The van der Waals surface area contributed by atoms with Gasteiger partial charge in [0.15, 0.2) is 0 Å². The SMILES string of the molecule is CC(C)c1nc(-c2ccc3c(c2)CN([C@@H]2CCC(=O)NC2=O)C3=O)c(-c2cncnc2)n1C. The maximum Gasteiger partial charge on any atom is 0.255 e. The van der Waals surface area contributed by atoms with Crippen LogP contribution in [-0.4, -0.2) is 48.2 Å². The molecule has 1 aromatic carbocycles. The summed E-state index contributed by atoms with van der Waals surface area (Å²) >= 11 is 0. The number of benzene rings is 1. The lowest BCUT2D eigenvalue weighted by molar-refractivity contribution is -0.136. The Morgan fingerprint density at radius 2 is 1.85 bits per heavy atom. The quantitative estimate of drug-likeness (QED) is 0.619. The molecule has 0 bridgehead atoms. The Labute approximate surface area is 190 Å². The van der Waals surface area contributed by atoms with E-state index in [1.165, 1.54) is 6.33 Å². The highest BCUT2D eigenvalue weighted by atomic mass is 16.2. The van der Waals surface area contributed by atoms with E-state index in [-0.39, 0.29) is 24.2 Å². The number of carbonyl (C=O) groups excluding carboxylic acids is 3. The molecule has 168 valence electrons. The first kappa shape index (κ1) is 21.0. The predicted octanol–water partition coefficient (Wildman–Crippen LogP) is 2.43. The Morgan fingerprint density at radius 1 is 1.09 bits per heavy atom. The molecule has 1 atom stereocenters. The number of hydrogen-bond donors (Lipinski definition) is 1. The van der Waals surface area contributed by atoms with Crippen molar-refractivity contribution >= 4 is 17.7 Å². The molecule has 3 aromatic rings. The summed E-state index contributed by atoms with van der Waals surface area (Å²) in [5.41, 5.74) is 4.86. The number of hydrogen-bond acceptors (Lipinski definition) is 6. The van der Waals surface area contributed by atoms with Crippen LogP contribution in [0, 0.1) is 0 Å². The van der Waals surface area contributed by atoms with E-state index in [1.807, 2.05) is 19.2 Å². The maximum absolute atomic E-state index is 13.0. The van der Waals surface area contributed by atoms with Crippen LogP contribution in [0.15, 0.2) is 36.9 Å². The second-order valence-corrected chi connectivity index (χ2v) is 8.78. The third-order valence-corrected chi connectivity index (χ3v) is 6.28. The minimum atomic E-state index is -0.634. The molecule has 1 N–H and O–H groups in total. The fraction of sp³-hybridized carbons (Fsp3) is 0.333. The molecule has 2 aliphatic rings. The molecule has 4 heterocycles. The van der Waals surface area contributed by atoms with Gasteiger partial charge in [0.05, 0.1) is 11.4 Å². The zero-order chi connectivity index (χ0) is 23.3. The van der Waals surface area contributed by atoms with Crippen molar-refractivity contribution in [1.29, 1.82) is 0 Å². The van der Waals surface area contributed by atoms with Crippen molar-refractivity contribution in [1.82, 2.24) is 29.7 Å². The first-order valence-electron chi connectivity index (χ1n) is 10.9. The Bertz CT molecular complexity index is 1280. The lowest BCUT2D eigenvalue weighted by Crippen LogP contribution is -2.52. The van der Waals surface area contributed by atoms with E-state index >= 15 is 0 Å². The molecule has 9 heteroatoms. The number of rotatable bonds is 4. The maximum atomic E-state index is 13.0. The first-order valence-corrected chi connectivity index (χ1v) is 10.9. The van der Waals surface area contributed by atoms with Gasteiger partial charge in [-0.3, -0.25) is 19.7 Å². The van der Waals surface area contributed by atoms with Crippen LogP contribution in [0.2, 0.25) is 0 Å². The highest BCUT2D eigenvalue weighted by Crippen LogP contribution is 2.36. The second-order valence-electron chi connectivity index (χ2n) is 8.78. The third-order valence-electron chi connectivity index (χ3n) is 6.28. The number of nitrogens with one attached hydrogen (secondary N) is 1. The molecule has 33 heavy (non-hydrogen) atoms. The molecule has 0 radical (unpaired) electrons. The topological polar surface area (TPSA) is 110 Å². The van der Waals surface area contributed by atoms with Gasteiger partial charge in [0.2, 0.25) is 11.8 Å². The van der Waals surface area contributed by atoms with Crippen molar-refractivity contribution in [2.45, 2.75) is 45.2 Å². The standard InChI is InChI=1S/C24H24N6O3/c1-13(2)22-28-20(21(29(22)3)16-9-25-12-26-10-16)14-4-5-17-15(8-14)11-30(24(17)33)18-6-7-19(31)27-23(18)32/h4-5,8-10,12-13,18H,6-7,11H2,1-3H3,(H,27,31,32)/t18-/m1/s1. The van der Waals surface area contributed by atoms with Gasteiger partial charge in [-0.05, 0) is 24.1 Å². The fourth-order valence-corrected chi connectivity index (χ4v) is 4.71. The van der Waals surface area contributed by atoms with E-state index in [4.69, 9.17) is 4.98 Å². The largest absolute Gasteiger partial charge is 0.330 e. The van der Waals surface area contributed by atoms with Gasteiger partial charge in [-0.2, -0.15) is 0 Å². The Hall–Kier alpha value is -3.88. The van der Waals surface area contributed by atoms with Crippen LogP contribution in [-0.2, 0) is 23.2 Å². The number of carbonyl (C=O) groups is 3. The van der Waals surface area contributed by atoms with Crippen molar-refractivity contribution < 1.29 is 14.4 Å². The van der Waals surface area contributed by atoms with Crippen LogP contribution in [0.3, 0.4) is 0 Å². The molecular weight excluding hydrogens is 420 g/mol. The molecule has 1 saturated heterocycles. The van der Waals surface area contributed by atoms with Gasteiger partial charge in [-0.25, -0.2) is 15.0 Å². The minimum Gasteiger partial charge on any atom is -0.330 e. The van der Waals surface area contributed by atoms with Crippen LogP contribution in [0.25, 0.3) is 22.5 Å². The predicted molar refractivity (Wildman–Crippen MR) is 120 cm³/mol. The Kier molecular flexibility index (Phi) is 5.03. The van der Waals surface area contributed by atoms with Crippen LogP contribution < -0.4 is 5.32 Å². The molecule has 2 aliphatic heterocycles. The average Bonchev–Trinajstić information content (AvgIpc) is 3.31. The summed E-state index contributed by atoms with van der Waals surface area (Å²) in [7, 11) is 1.98. The van der Waals surface area contributed by atoms with Crippen LogP contribution in [0.5, 0.6) is 0 Å². The van der Waals surface area contributed by atoms with Gasteiger partial charge < -0.3 is 9.47 Å². The van der Waals surface area contributed by atoms with Crippen LogP contribution in [0.4, 0.5) is 0 Å². The van der Waals surface area contributed by atoms with Gasteiger partial charge in [0.1, 0.15) is 18.2 Å². The van der Waals surface area contributed by atoms with Gasteiger partial charge in [-0.15, -0.1) is 0 Å². The summed E-state index contributed by atoms with van der Waals surface area (Å²) in [6.45, 7) is 4.51. The molecule has 0 unspecified atom stereocenters. The highest BCUT2D eigenvalue weighted by Gasteiger charge is 2.39. The van der Waals surface area contributed by atoms with E-state index in [9.17, 15) is 14.4 Å². The molecule has 3 amide bonds. The van der Waals surface area contributed by atoms with E-state index in [0.29, 0.717) is 18.5 Å². The average molecular weight is 444 g/mol. The molecule has 1 fully saturated rings. The highest BCUT2D eigenvalue weighted by molar-refractivity contribution is 6.05. The number of aromatic nitrogens is 4. The van der Waals surface area contributed by atoms with Crippen molar-refractivity contribution in [3.8, 4) is 22.5 Å². The third kappa shape index (κ3) is 3.49. The molecule has 0 aliphatic carbocycles. The number of amides is 3. The zero-order valence-electron chi connectivity index (χ0n) is 18.7. The van der Waals surface area contributed by atoms with Crippen molar-refractivity contribution in [3.63, 3.8) is 0 Å². The normalized spacial score (nSPS) is 18.1. The smallest absolute Gasteiger partial charge is 0.255 e. The van der Waals surface area contributed by atoms with E-state index in [2.05, 4.69) is 33.7 Å². The molecule has 2 aromatic heterocycles. The number of imidazole rings is 1. The fourth-order valence-electron chi connectivity index (χ4n) is 4.71. The van der Waals surface area contributed by atoms with Gasteiger partial charge >= 0.3 is 0 Å². The minimum absolute atomic E-state index is 0.188. The lowest BCUT2D eigenvalue weighted by atomic mass is 10.0. The van der Waals surface area contributed by atoms with Crippen molar-refractivity contribution in [2.24, 2.45) is 7.05 Å². The van der Waals surface area contributed by atoms with Crippen molar-refractivity contribution in [2.75, 3.05) is 0 Å². The summed E-state index contributed by atoms with van der Waals surface area (Å²) in [5, 5.41) is 2.34. The van der Waals surface area contributed by atoms with Gasteiger partial charge in [-0.1, -0.05) is 19.9 Å². The second kappa shape index (κ2) is 7.91. The molecule has 9 nitrogen and oxygen atoms in total. The monoisotopic (exact) mass is 444 g/mol. The number of imide groups is 1.